The topological polar surface area (TPSA) is 126 Å². The molecule has 0 fully saturated rings. The van der Waals surface area contributed by atoms with Crippen LogP contribution in [0.5, 0.6) is 0 Å². The normalized spacial score (nSPS) is 20.1. The Morgan fingerprint density at radius 3 is 2.26 bits per heavy atom. The van der Waals surface area contributed by atoms with E-state index in [1.54, 1.807) is 0 Å². The second-order valence-electron chi connectivity index (χ2n) is 4.20. The molecule has 0 saturated heterocycles. The van der Waals surface area contributed by atoms with Gasteiger partial charge in [0, 0.05) is 5.56 Å². The van der Waals surface area contributed by atoms with Gasteiger partial charge in [-0.3, -0.25) is 13.9 Å². The molecule has 0 saturated carbocycles. The molecule has 19 heavy (non-hydrogen) atoms. The summed E-state index contributed by atoms with van der Waals surface area (Å²) in [5, 5.41) is -1.59. The SMILES string of the molecule is O=C1c2cc(S(=O)(=O)O)ccc2CC[C@@H]1S(=O)(=O)O. The predicted octanol–water partition coefficient (Wildman–Crippen LogP) is 0.319. The molecule has 0 aromatic heterocycles. The highest BCUT2D eigenvalue weighted by atomic mass is 32.2. The minimum atomic E-state index is -4.53. The zero-order valence-electron chi connectivity index (χ0n) is 9.48. The van der Waals surface area contributed by atoms with Gasteiger partial charge in [-0.25, -0.2) is 0 Å². The number of fused-ring (bicyclic) bond motifs is 1. The van der Waals surface area contributed by atoms with Crippen molar-refractivity contribution in [3.05, 3.63) is 29.3 Å². The van der Waals surface area contributed by atoms with E-state index >= 15 is 0 Å². The Labute approximate surface area is 109 Å². The number of benzene rings is 1. The molecule has 0 spiro atoms. The van der Waals surface area contributed by atoms with Crippen LogP contribution in [0.3, 0.4) is 0 Å². The van der Waals surface area contributed by atoms with Gasteiger partial charge in [0.1, 0.15) is 5.25 Å². The monoisotopic (exact) mass is 306 g/mol. The highest BCUT2D eigenvalue weighted by Crippen LogP contribution is 2.27. The maximum absolute atomic E-state index is 11.9. The van der Waals surface area contributed by atoms with E-state index in [1.165, 1.54) is 6.07 Å². The molecule has 0 amide bonds. The van der Waals surface area contributed by atoms with Gasteiger partial charge in [-0.05, 0) is 30.5 Å². The van der Waals surface area contributed by atoms with E-state index in [2.05, 4.69) is 0 Å². The van der Waals surface area contributed by atoms with Crippen LogP contribution in [0, 0.1) is 0 Å². The average Bonchev–Trinajstić information content (AvgIpc) is 2.26. The van der Waals surface area contributed by atoms with Crippen LogP contribution >= 0.6 is 0 Å². The van der Waals surface area contributed by atoms with E-state index in [1.807, 2.05) is 0 Å². The lowest BCUT2D eigenvalue weighted by molar-refractivity contribution is 0.0973. The van der Waals surface area contributed by atoms with Gasteiger partial charge >= 0.3 is 0 Å². The first-order valence-corrected chi connectivity index (χ1v) is 8.16. The van der Waals surface area contributed by atoms with Crippen LogP contribution in [-0.2, 0) is 26.7 Å². The van der Waals surface area contributed by atoms with Crippen LogP contribution < -0.4 is 0 Å². The Kier molecular flexibility index (Phi) is 3.25. The van der Waals surface area contributed by atoms with E-state index < -0.39 is 36.2 Å². The van der Waals surface area contributed by atoms with Crippen LogP contribution in [-0.4, -0.2) is 37.0 Å². The summed E-state index contributed by atoms with van der Waals surface area (Å²) in [6.45, 7) is 0. The Balaban J connectivity index is 2.57. The number of carbonyl (C=O) groups is 1. The molecule has 0 bridgehead atoms. The Bertz CT molecular complexity index is 746. The van der Waals surface area contributed by atoms with E-state index in [0.29, 0.717) is 5.56 Å². The lowest BCUT2D eigenvalue weighted by atomic mass is 9.90. The van der Waals surface area contributed by atoms with Crippen LogP contribution in [0.4, 0.5) is 0 Å². The molecular weight excluding hydrogens is 296 g/mol. The number of Topliss-reactive ketones (excluding diaryl/α,β-unsaturated/α-hetero) is 1. The third-order valence-electron chi connectivity index (χ3n) is 2.97. The number of hydrogen-bond acceptors (Lipinski definition) is 5. The number of carbonyl (C=O) groups excluding carboxylic acids is 1. The molecule has 2 rings (SSSR count). The van der Waals surface area contributed by atoms with Gasteiger partial charge in [-0.15, -0.1) is 0 Å². The van der Waals surface area contributed by atoms with E-state index in [4.69, 9.17) is 9.11 Å². The van der Waals surface area contributed by atoms with Crippen molar-refractivity contribution in [2.45, 2.75) is 23.0 Å². The molecule has 104 valence electrons. The van der Waals surface area contributed by atoms with Crippen molar-refractivity contribution in [3.8, 4) is 0 Å². The minimum Gasteiger partial charge on any atom is -0.293 e. The second-order valence-corrected chi connectivity index (χ2v) is 7.22. The van der Waals surface area contributed by atoms with Crippen LogP contribution in [0.1, 0.15) is 22.3 Å². The molecule has 2 N–H and O–H groups in total. The number of aryl methyl sites for hydroxylation is 1. The van der Waals surface area contributed by atoms with Crippen molar-refractivity contribution < 1.29 is 30.7 Å². The lowest BCUT2D eigenvalue weighted by Gasteiger charge is -2.21. The van der Waals surface area contributed by atoms with Gasteiger partial charge in [-0.2, -0.15) is 16.8 Å². The molecule has 0 radical (unpaired) electrons. The number of rotatable bonds is 2. The molecule has 1 atom stereocenters. The highest BCUT2D eigenvalue weighted by Gasteiger charge is 2.36. The number of hydrogen-bond donors (Lipinski definition) is 2. The largest absolute Gasteiger partial charge is 0.294 e. The minimum absolute atomic E-state index is 0.0596. The Hall–Kier alpha value is -1.29. The maximum atomic E-state index is 11.9. The molecule has 1 aliphatic rings. The van der Waals surface area contributed by atoms with Crippen molar-refractivity contribution >= 4 is 26.0 Å². The molecule has 1 aliphatic carbocycles. The quantitative estimate of drug-likeness (QED) is 0.753. The first-order valence-electron chi connectivity index (χ1n) is 5.21. The van der Waals surface area contributed by atoms with Gasteiger partial charge < -0.3 is 0 Å². The molecule has 9 heteroatoms. The maximum Gasteiger partial charge on any atom is 0.294 e. The van der Waals surface area contributed by atoms with Gasteiger partial charge in [-0.1, -0.05) is 6.07 Å². The molecule has 0 unspecified atom stereocenters. The van der Waals surface area contributed by atoms with Crippen LogP contribution in [0.2, 0.25) is 0 Å². The summed E-state index contributed by atoms with van der Waals surface area (Å²) in [5.74, 6) is -0.866. The van der Waals surface area contributed by atoms with Gasteiger partial charge in [0.15, 0.2) is 5.78 Å². The third kappa shape index (κ3) is 2.68. The fourth-order valence-corrected chi connectivity index (χ4v) is 3.36. The molecule has 0 aliphatic heterocycles. The Morgan fingerprint density at radius 2 is 1.74 bits per heavy atom. The molecule has 1 aromatic carbocycles. The highest BCUT2D eigenvalue weighted by molar-refractivity contribution is 7.87. The standard InChI is InChI=1S/C10H10O7S2/c11-10-8-5-7(18(12,13)14)3-1-6(8)2-4-9(10)19(15,16)17/h1,3,5,9H,2,4H2,(H,12,13,14)(H,15,16,17)/t9-/m0/s1. The van der Waals surface area contributed by atoms with Crippen LogP contribution in [0.15, 0.2) is 23.1 Å². The van der Waals surface area contributed by atoms with Gasteiger partial charge in [0.2, 0.25) is 0 Å². The summed E-state index contributed by atoms with van der Waals surface area (Å²) in [7, 11) is -9.00. The van der Waals surface area contributed by atoms with E-state index in [-0.39, 0.29) is 18.4 Å². The zero-order valence-corrected chi connectivity index (χ0v) is 11.1. The number of ketones is 1. The predicted molar refractivity (Wildman–Crippen MR) is 64.2 cm³/mol. The van der Waals surface area contributed by atoms with Crippen molar-refractivity contribution in [1.82, 2.24) is 0 Å². The van der Waals surface area contributed by atoms with Crippen molar-refractivity contribution in [2.75, 3.05) is 0 Å². The van der Waals surface area contributed by atoms with Gasteiger partial charge in [0.05, 0.1) is 4.90 Å². The van der Waals surface area contributed by atoms with E-state index in [9.17, 15) is 21.6 Å². The summed E-state index contributed by atoms with van der Waals surface area (Å²) >= 11 is 0. The lowest BCUT2D eigenvalue weighted by Crippen LogP contribution is -2.34. The molecule has 7 nitrogen and oxygen atoms in total. The molecular formula is C10H10O7S2. The smallest absolute Gasteiger partial charge is 0.293 e. The average molecular weight is 306 g/mol. The fraction of sp³-hybridized carbons (Fsp3) is 0.300. The van der Waals surface area contributed by atoms with Gasteiger partial charge in [0.25, 0.3) is 20.2 Å². The summed E-state index contributed by atoms with van der Waals surface area (Å²) in [4.78, 5) is 11.4. The molecule has 0 heterocycles. The summed E-state index contributed by atoms with van der Waals surface area (Å²) in [5.41, 5.74) is 0.376. The van der Waals surface area contributed by atoms with E-state index in [0.717, 1.165) is 12.1 Å². The summed E-state index contributed by atoms with van der Waals surface area (Å²) in [6.07, 6.45) is 0.160. The van der Waals surface area contributed by atoms with Crippen molar-refractivity contribution in [1.29, 1.82) is 0 Å². The summed E-state index contributed by atoms with van der Waals surface area (Å²) in [6, 6.07) is 3.40. The summed E-state index contributed by atoms with van der Waals surface area (Å²) < 4.78 is 61.9. The Morgan fingerprint density at radius 1 is 1.11 bits per heavy atom. The fourth-order valence-electron chi connectivity index (χ4n) is 2.04. The molecule has 1 aromatic rings. The first-order chi connectivity index (χ1) is 8.60. The van der Waals surface area contributed by atoms with Crippen molar-refractivity contribution in [3.63, 3.8) is 0 Å². The van der Waals surface area contributed by atoms with Crippen molar-refractivity contribution in [2.24, 2.45) is 0 Å². The third-order valence-corrected chi connectivity index (χ3v) is 4.99. The van der Waals surface area contributed by atoms with Crippen LogP contribution in [0.25, 0.3) is 0 Å². The first kappa shape index (κ1) is 14.1. The zero-order chi connectivity index (χ0) is 14.4. The second kappa shape index (κ2) is 4.37.